The predicted octanol–water partition coefficient (Wildman–Crippen LogP) is 8.86. The van der Waals surface area contributed by atoms with E-state index < -0.39 is 0 Å². The van der Waals surface area contributed by atoms with Crippen molar-refractivity contribution < 1.29 is 0 Å². The number of nitrogens with zero attached hydrogens (tertiary/aromatic N) is 2. The molecule has 4 aliphatic rings. The second-order valence-electron chi connectivity index (χ2n) is 12.8. The van der Waals surface area contributed by atoms with Crippen molar-refractivity contribution in [2.45, 2.75) is 31.3 Å². The lowest BCUT2D eigenvalue weighted by Gasteiger charge is -2.39. The van der Waals surface area contributed by atoms with Gasteiger partial charge in [-0.2, -0.15) is 0 Å². The summed E-state index contributed by atoms with van der Waals surface area (Å²) >= 11 is 0. The van der Waals surface area contributed by atoms with Crippen LogP contribution in [0.3, 0.4) is 0 Å². The fraction of sp³-hybridized carbons (Fsp3) is 0.190. The zero-order chi connectivity index (χ0) is 30.5. The molecule has 4 aliphatic heterocycles. The quantitative estimate of drug-likeness (QED) is 0.202. The first kappa shape index (κ1) is 27.3. The van der Waals surface area contributed by atoms with Gasteiger partial charge in [0.05, 0.1) is 23.5 Å². The molecule has 0 bridgehead atoms. The van der Waals surface area contributed by atoms with Crippen LogP contribution in [0.25, 0.3) is 27.8 Å². The molecule has 0 aromatic heterocycles. The van der Waals surface area contributed by atoms with Crippen LogP contribution in [0.2, 0.25) is 0 Å². The van der Waals surface area contributed by atoms with Gasteiger partial charge in [0, 0.05) is 42.3 Å². The van der Waals surface area contributed by atoms with Crippen LogP contribution < -0.4 is 20.4 Å². The molecule has 226 valence electrons. The minimum absolute atomic E-state index is 0.173. The molecule has 0 radical (unpaired) electrons. The lowest BCUT2D eigenvalue weighted by Crippen LogP contribution is -2.53. The molecule has 0 amide bonds. The molecule has 2 atom stereocenters. The van der Waals surface area contributed by atoms with Gasteiger partial charge in [-0.1, -0.05) is 97.1 Å². The number of fused-ring (bicyclic) bond motifs is 6. The Kier molecular flexibility index (Phi) is 6.75. The van der Waals surface area contributed by atoms with Gasteiger partial charge in [0.15, 0.2) is 0 Å². The van der Waals surface area contributed by atoms with Crippen LogP contribution in [-0.2, 0) is 6.42 Å². The van der Waals surface area contributed by atoms with Gasteiger partial charge in [0.1, 0.15) is 0 Å². The van der Waals surface area contributed by atoms with Crippen molar-refractivity contribution in [1.82, 2.24) is 10.6 Å². The van der Waals surface area contributed by atoms with Gasteiger partial charge in [0.2, 0.25) is 0 Å². The van der Waals surface area contributed by atoms with Crippen molar-refractivity contribution in [3.8, 4) is 22.3 Å². The number of benzene rings is 5. The number of para-hydroxylation sites is 1. The molecule has 0 saturated heterocycles. The normalized spacial score (nSPS) is 19.9. The van der Waals surface area contributed by atoms with E-state index in [-0.39, 0.29) is 12.1 Å². The Morgan fingerprint density at radius 2 is 1.35 bits per heavy atom. The molecule has 4 heterocycles. The highest BCUT2D eigenvalue weighted by molar-refractivity contribution is 5.96. The van der Waals surface area contributed by atoms with Crippen LogP contribution in [0.5, 0.6) is 0 Å². The van der Waals surface area contributed by atoms with Crippen LogP contribution in [0.1, 0.15) is 24.0 Å². The van der Waals surface area contributed by atoms with Crippen LogP contribution in [-0.4, -0.2) is 31.7 Å². The van der Waals surface area contributed by atoms with E-state index in [1.807, 2.05) is 0 Å². The van der Waals surface area contributed by atoms with E-state index in [0.717, 1.165) is 38.9 Å². The standard InChI is InChI=1S/C42H38N4/c1-4-12-29(13-5-1)32-26-33(30-14-6-2-7-15-30)28-35(27-32)45-25-22-31-20-21-37-39(42(31)45)36-18-10-23-43-40(36)41-38(19-11-24-44-41)46(37)34-16-8-3-9-17-34/h1-9,11-17,19-21,26-28,38,41,43-44H,10,18,22-25H2/t38-,41?/m1/s1. The second-order valence-corrected chi connectivity index (χ2v) is 12.8. The molecule has 0 aliphatic carbocycles. The van der Waals surface area contributed by atoms with Gasteiger partial charge < -0.3 is 20.4 Å². The molecule has 0 spiro atoms. The lowest BCUT2D eigenvalue weighted by molar-refractivity contribution is 0.491. The summed E-state index contributed by atoms with van der Waals surface area (Å²) < 4.78 is 0. The molecule has 2 N–H and O–H groups in total. The summed E-state index contributed by atoms with van der Waals surface area (Å²) in [6, 6.07) is 45.0. The fourth-order valence-electron chi connectivity index (χ4n) is 8.09. The maximum absolute atomic E-state index is 3.92. The Hall–Kier alpha value is -5.06. The van der Waals surface area contributed by atoms with Gasteiger partial charge in [-0.15, -0.1) is 0 Å². The zero-order valence-corrected chi connectivity index (χ0v) is 26.0. The van der Waals surface area contributed by atoms with Gasteiger partial charge in [-0.3, -0.25) is 0 Å². The van der Waals surface area contributed by atoms with E-state index in [2.05, 4.69) is 154 Å². The van der Waals surface area contributed by atoms with Gasteiger partial charge in [-0.25, -0.2) is 0 Å². The van der Waals surface area contributed by atoms with Crippen molar-refractivity contribution >= 4 is 28.3 Å². The van der Waals surface area contributed by atoms with E-state index in [4.69, 9.17) is 0 Å². The minimum atomic E-state index is 0.173. The number of nitrogens with one attached hydrogen (secondary N) is 2. The monoisotopic (exact) mass is 598 g/mol. The molecular formula is C42H38N4. The Bertz CT molecular complexity index is 1900. The molecular weight excluding hydrogens is 560 g/mol. The zero-order valence-electron chi connectivity index (χ0n) is 26.0. The number of anilines is 4. The van der Waals surface area contributed by atoms with Gasteiger partial charge in [0.25, 0.3) is 0 Å². The molecule has 5 aromatic rings. The third-order valence-electron chi connectivity index (χ3n) is 10.1. The van der Waals surface area contributed by atoms with Gasteiger partial charge >= 0.3 is 0 Å². The van der Waals surface area contributed by atoms with Crippen LogP contribution >= 0.6 is 0 Å². The summed E-state index contributed by atoms with van der Waals surface area (Å²) in [4.78, 5) is 5.21. The Labute approximate surface area is 271 Å². The summed E-state index contributed by atoms with van der Waals surface area (Å²) in [5.41, 5.74) is 15.8. The summed E-state index contributed by atoms with van der Waals surface area (Å²) in [5.74, 6) is 0. The Morgan fingerprint density at radius 1 is 0.652 bits per heavy atom. The lowest BCUT2D eigenvalue weighted by atomic mass is 9.89. The maximum Gasteiger partial charge on any atom is 0.0732 e. The second kappa shape index (κ2) is 11.4. The number of hydrogen-bond acceptors (Lipinski definition) is 4. The first-order valence-corrected chi connectivity index (χ1v) is 16.7. The van der Waals surface area contributed by atoms with E-state index in [9.17, 15) is 0 Å². The Balaban J connectivity index is 1.29. The van der Waals surface area contributed by atoms with E-state index in [1.54, 1.807) is 0 Å². The maximum atomic E-state index is 3.92. The number of hydrogen-bond donors (Lipinski definition) is 2. The van der Waals surface area contributed by atoms with Crippen molar-refractivity contribution in [3.63, 3.8) is 0 Å². The summed E-state index contributed by atoms with van der Waals surface area (Å²) in [5, 5.41) is 7.81. The number of allylic oxidation sites excluding steroid dienone is 1. The van der Waals surface area contributed by atoms with Crippen molar-refractivity contribution in [3.05, 3.63) is 150 Å². The van der Waals surface area contributed by atoms with Crippen LogP contribution in [0.4, 0.5) is 22.7 Å². The average Bonchev–Trinajstić information content (AvgIpc) is 3.52. The first-order chi connectivity index (χ1) is 22.8. The molecule has 46 heavy (non-hydrogen) atoms. The highest BCUT2D eigenvalue weighted by Gasteiger charge is 2.41. The number of rotatable bonds is 4. The predicted molar refractivity (Wildman–Crippen MR) is 192 cm³/mol. The highest BCUT2D eigenvalue weighted by Crippen LogP contribution is 2.52. The molecule has 4 heteroatoms. The van der Waals surface area contributed by atoms with E-state index in [1.165, 1.54) is 67.4 Å². The summed E-state index contributed by atoms with van der Waals surface area (Å²) in [7, 11) is 0. The Morgan fingerprint density at radius 3 is 2.07 bits per heavy atom. The van der Waals surface area contributed by atoms with E-state index in [0.29, 0.717) is 0 Å². The molecule has 4 nitrogen and oxygen atoms in total. The first-order valence-electron chi connectivity index (χ1n) is 16.7. The van der Waals surface area contributed by atoms with E-state index >= 15 is 0 Å². The molecule has 0 saturated carbocycles. The third-order valence-corrected chi connectivity index (χ3v) is 10.1. The largest absolute Gasteiger partial charge is 0.387 e. The van der Waals surface area contributed by atoms with Crippen molar-refractivity contribution in [2.75, 3.05) is 29.4 Å². The molecule has 1 unspecified atom stereocenters. The fourth-order valence-corrected chi connectivity index (χ4v) is 8.09. The summed E-state index contributed by atoms with van der Waals surface area (Å²) in [6.45, 7) is 2.87. The average molecular weight is 599 g/mol. The topological polar surface area (TPSA) is 30.5 Å². The van der Waals surface area contributed by atoms with Crippen molar-refractivity contribution in [1.29, 1.82) is 0 Å². The van der Waals surface area contributed by atoms with Gasteiger partial charge in [-0.05, 0) is 89.1 Å². The van der Waals surface area contributed by atoms with Crippen LogP contribution in [0, 0.1) is 0 Å². The smallest absolute Gasteiger partial charge is 0.0732 e. The minimum Gasteiger partial charge on any atom is -0.387 e. The van der Waals surface area contributed by atoms with Crippen molar-refractivity contribution in [2.24, 2.45) is 0 Å². The highest BCUT2D eigenvalue weighted by atomic mass is 15.2. The SMILES string of the molecule is C1=C[C@@H]2C(NC1)C1=C(CCCN1)c1c(ccc3c1N(c1cc(-c4ccccc4)cc(-c4ccccc4)c1)CC3)N2c1ccccc1. The molecule has 9 rings (SSSR count). The third kappa shape index (κ3) is 4.55. The molecule has 5 aromatic carbocycles. The summed E-state index contributed by atoms with van der Waals surface area (Å²) in [6.07, 6.45) is 7.97. The van der Waals surface area contributed by atoms with Crippen LogP contribution in [0.15, 0.2) is 139 Å². The molecule has 0 fully saturated rings.